The second kappa shape index (κ2) is 5.82. The van der Waals surface area contributed by atoms with Crippen LogP contribution in [0.4, 0.5) is 0 Å². The first-order valence-corrected chi connectivity index (χ1v) is 7.54. The smallest absolute Gasteiger partial charge is 0.256 e. The molecule has 1 aliphatic heterocycles. The van der Waals surface area contributed by atoms with Crippen molar-refractivity contribution in [2.45, 2.75) is 13.3 Å². The summed E-state index contributed by atoms with van der Waals surface area (Å²) in [6.45, 7) is 4.41. The predicted octanol–water partition coefficient (Wildman–Crippen LogP) is 2.29. The van der Waals surface area contributed by atoms with Gasteiger partial charge in [0, 0.05) is 24.7 Å². The quantitative estimate of drug-likeness (QED) is 0.920. The van der Waals surface area contributed by atoms with Gasteiger partial charge in [0.25, 0.3) is 5.91 Å². The third-order valence-corrected chi connectivity index (χ3v) is 4.57. The average molecular weight is 283 g/mol. The van der Waals surface area contributed by atoms with Gasteiger partial charge in [0.05, 0.1) is 11.1 Å². The van der Waals surface area contributed by atoms with E-state index in [0.29, 0.717) is 23.9 Å². The van der Waals surface area contributed by atoms with E-state index in [0.717, 1.165) is 30.4 Å². The highest BCUT2D eigenvalue weighted by atomic mass is 16.2. The first-order chi connectivity index (χ1) is 10.2. The molecule has 1 fully saturated rings. The summed E-state index contributed by atoms with van der Waals surface area (Å²) in [6, 6.07) is 9.65. The van der Waals surface area contributed by atoms with E-state index >= 15 is 0 Å². The molecule has 4 nitrogen and oxygen atoms in total. The number of hydrogen-bond acceptors (Lipinski definition) is 3. The number of fused-ring (bicyclic) bond motifs is 1. The zero-order valence-electron chi connectivity index (χ0n) is 12.3. The molecule has 1 aliphatic rings. The number of piperidine rings is 1. The second-order valence-electron chi connectivity index (χ2n) is 5.89. The molecule has 0 spiro atoms. The standard InChI is InChI=1S/C17H21N3O/c1-12-7-9-20(11-14(12)10-18)17(21)15-6-2-4-13-5-3-8-19-16(13)15/h2-6,8,12,14H,7,9-11,18H2,1H3. The maximum atomic E-state index is 12.8. The fourth-order valence-electron chi connectivity index (χ4n) is 3.09. The molecule has 0 bridgehead atoms. The van der Waals surface area contributed by atoms with E-state index in [1.165, 1.54) is 0 Å². The van der Waals surface area contributed by atoms with Crippen LogP contribution in [0.5, 0.6) is 0 Å². The van der Waals surface area contributed by atoms with Crippen LogP contribution in [-0.2, 0) is 0 Å². The zero-order chi connectivity index (χ0) is 14.8. The van der Waals surface area contributed by atoms with Crippen LogP contribution in [0.25, 0.3) is 10.9 Å². The van der Waals surface area contributed by atoms with Gasteiger partial charge in [-0.25, -0.2) is 0 Å². The Morgan fingerprint density at radius 2 is 2.19 bits per heavy atom. The average Bonchev–Trinajstić information content (AvgIpc) is 2.54. The molecule has 0 saturated carbocycles. The summed E-state index contributed by atoms with van der Waals surface area (Å²) in [7, 11) is 0. The molecular weight excluding hydrogens is 262 g/mol. The van der Waals surface area contributed by atoms with Crippen LogP contribution < -0.4 is 5.73 Å². The Morgan fingerprint density at radius 1 is 1.38 bits per heavy atom. The number of aromatic nitrogens is 1. The molecule has 3 rings (SSSR count). The minimum absolute atomic E-state index is 0.0737. The van der Waals surface area contributed by atoms with Gasteiger partial charge in [-0.05, 0) is 36.9 Å². The van der Waals surface area contributed by atoms with Gasteiger partial charge in [-0.1, -0.05) is 25.1 Å². The van der Waals surface area contributed by atoms with Crippen molar-refractivity contribution in [2.24, 2.45) is 17.6 Å². The summed E-state index contributed by atoms with van der Waals surface area (Å²) in [5.74, 6) is 1.06. The van der Waals surface area contributed by atoms with E-state index in [4.69, 9.17) is 5.73 Å². The van der Waals surface area contributed by atoms with Crippen LogP contribution in [0.1, 0.15) is 23.7 Å². The predicted molar refractivity (Wildman–Crippen MR) is 84.0 cm³/mol. The largest absolute Gasteiger partial charge is 0.338 e. The Kier molecular flexibility index (Phi) is 3.88. The first kappa shape index (κ1) is 14.0. The molecule has 2 N–H and O–H groups in total. The maximum Gasteiger partial charge on any atom is 0.256 e. The summed E-state index contributed by atoms with van der Waals surface area (Å²) < 4.78 is 0. The number of rotatable bonds is 2. The van der Waals surface area contributed by atoms with E-state index in [1.54, 1.807) is 6.20 Å². The molecule has 1 saturated heterocycles. The number of benzene rings is 1. The maximum absolute atomic E-state index is 12.8. The lowest BCUT2D eigenvalue weighted by molar-refractivity contribution is 0.0620. The molecule has 4 heteroatoms. The van der Waals surface area contributed by atoms with Crippen molar-refractivity contribution in [2.75, 3.05) is 19.6 Å². The van der Waals surface area contributed by atoms with Gasteiger partial charge in [-0.3, -0.25) is 9.78 Å². The second-order valence-corrected chi connectivity index (χ2v) is 5.89. The van der Waals surface area contributed by atoms with Crippen molar-refractivity contribution in [1.82, 2.24) is 9.88 Å². The molecule has 2 atom stereocenters. The molecule has 1 aromatic carbocycles. The number of likely N-dealkylation sites (tertiary alicyclic amines) is 1. The van der Waals surface area contributed by atoms with Gasteiger partial charge in [-0.15, -0.1) is 0 Å². The SMILES string of the molecule is CC1CCN(C(=O)c2cccc3cccnc23)CC1CN. The van der Waals surface area contributed by atoms with Crippen molar-refractivity contribution in [3.8, 4) is 0 Å². The molecular formula is C17H21N3O. The molecule has 110 valence electrons. The number of hydrogen-bond donors (Lipinski definition) is 1. The molecule has 0 aliphatic carbocycles. The van der Waals surface area contributed by atoms with Crippen LogP contribution >= 0.6 is 0 Å². The molecule has 1 amide bonds. The highest BCUT2D eigenvalue weighted by Crippen LogP contribution is 2.25. The number of nitrogens with two attached hydrogens (primary N) is 1. The lowest BCUT2D eigenvalue weighted by Gasteiger charge is -2.36. The van der Waals surface area contributed by atoms with E-state index in [2.05, 4.69) is 11.9 Å². The van der Waals surface area contributed by atoms with Gasteiger partial charge < -0.3 is 10.6 Å². The third-order valence-electron chi connectivity index (χ3n) is 4.57. The lowest BCUT2D eigenvalue weighted by atomic mass is 9.87. The molecule has 21 heavy (non-hydrogen) atoms. The summed E-state index contributed by atoms with van der Waals surface area (Å²) in [5, 5.41) is 1.00. The normalized spacial score (nSPS) is 22.5. The van der Waals surface area contributed by atoms with Crippen molar-refractivity contribution in [3.63, 3.8) is 0 Å². The van der Waals surface area contributed by atoms with Crippen LogP contribution in [0.2, 0.25) is 0 Å². The molecule has 1 aromatic heterocycles. The highest BCUT2D eigenvalue weighted by Gasteiger charge is 2.29. The summed E-state index contributed by atoms with van der Waals surface area (Å²) in [4.78, 5) is 19.1. The Balaban J connectivity index is 1.90. The Morgan fingerprint density at radius 3 is 3.00 bits per heavy atom. The molecule has 2 unspecified atom stereocenters. The van der Waals surface area contributed by atoms with Crippen LogP contribution in [0.3, 0.4) is 0 Å². The summed E-state index contributed by atoms with van der Waals surface area (Å²) >= 11 is 0. The third kappa shape index (κ3) is 2.63. The van der Waals surface area contributed by atoms with Crippen LogP contribution in [0.15, 0.2) is 36.5 Å². The monoisotopic (exact) mass is 283 g/mol. The Hall–Kier alpha value is -1.94. The van der Waals surface area contributed by atoms with E-state index in [-0.39, 0.29) is 5.91 Å². The van der Waals surface area contributed by atoms with Crippen LogP contribution in [-0.4, -0.2) is 35.4 Å². The van der Waals surface area contributed by atoms with Crippen LogP contribution in [0, 0.1) is 11.8 Å². The zero-order valence-corrected chi connectivity index (χ0v) is 12.3. The van der Waals surface area contributed by atoms with Gasteiger partial charge in [0.2, 0.25) is 0 Å². The molecule has 2 heterocycles. The topological polar surface area (TPSA) is 59.2 Å². The van der Waals surface area contributed by atoms with Crippen molar-refractivity contribution in [1.29, 1.82) is 0 Å². The molecule has 2 aromatic rings. The fourth-order valence-corrected chi connectivity index (χ4v) is 3.09. The van der Waals surface area contributed by atoms with Gasteiger partial charge >= 0.3 is 0 Å². The van der Waals surface area contributed by atoms with Crippen molar-refractivity contribution < 1.29 is 4.79 Å². The van der Waals surface area contributed by atoms with Gasteiger partial charge in [0.1, 0.15) is 0 Å². The summed E-state index contributed by atoms with van der Waals surface area (Å²) in [5.41, 5.74) is 7.31. The molecule has 0 radical (unpaired) electrons. The minimum Gasteiger partial charge on any atom is -0.338 e. The van der Waals surface area contributed by atoms with E-state index in [9.17, 15) is 4.79 Å². The van der Waals surface area contributed by atoms with Crippen molar-refractivity contribution >= 4 is 16.8 Å². The number of carbonyl (C=O) groups excluding carboxylic acids is 1. The van der Waals surface area contributed by atoms with Gasteiger partial charge in [0.15, 0.2) is 0 Å². The Bertz CT molecular complexity index is 650. The number of para-hydroxylation sites is 1. The van der Waals surface area contributed by atoms with E-state index in [1.807, 2.05) is 35.2 Å². The lowest BCUT2D eigenvalue weighted by Crippen LogP contribution is -2.45. The first-order valence-electron chi connectivity index (χ1n) is 7.54. The number of amides is 1. The minimum atomic E-state index is 0.0737. The number of pyridine rings is 1. The number of nitrogens with zero attached hydrogens (tertiary/aromatic N) is 2. The highest BCUT2D eigenvalue weighted by molar-refractivity contribution is 6.05. The fraction of sp³-hybridized carbons (Fsp3) is 0.412. The van der Waals surface area contributed by atoms with Gasteiger partial charge in [-0.2, -0.15) is 0 Å². The number of carbonyl (C=O) groups is 1. The van der Waals surface area contributed by atoms with E-state index < -0.39 is 0 Å². The van der Waals surface area contributed by atoms with Crippen molar-refractivity contribution in [3.05, 3.63) is 42.1 Å². The summed E-state index contributed by atoms with van der Waals surface area (Å²) in [6.07, 6.45) is 2.76. The Labute approximate surface area is 125 Å².